The molecule has 0 spiro atoms. The van der Waals surface area contributed by atoms with E-state index in [1.165, 1.54) is 19.3 Å². The lowest BCUT2D eigenvalue weighted by molar-refractivity contribution is -0.141. The molecule has 166 valence electrons. The molecule has 0 saturated heterocycles. The highest BCUT2D eigenvalue weighted by molar-refractivity contribution is 5.84. The molecule has 0 radical (unpaired) electrons. The summed E-state index contributed by atoms with van der Waals surface area (Å²) in [5.41, 5.74) is 1.10. The van der Waals surface area contributed by atoms with Crippen LogP contribution in [0.1, 0.15) is 70.9 Å². The van der Waals surface area contributed by atoms with E-state index in [9.17, 15) is 9.59 Å². The van der Waals surface area contributed by atoms with Gasteiger partial charge in [-0.2, -0.15) is 0 Å². The number of aromatic nitrogens is 1. The molecular formula is C23H41N3O3. The van der Waals surface area contributed by atoms with E-state index in [0.717, 1.165) is 31.4 Å². The van der Waals surface area contributed by atoms with Crippen LogP contribution < -0.4 is 0 Å². The van der Waals surface area contributed by atoms with Gasteiger partial charge in [0.1, 0.15) is 0 Å². The molecule has 0 saturated carbocycles. The summed E-state index contributed by atoms with van der Waals surface area (Å²) in [4.78, 5) is 29.3. The lowest BCUT2D eigenvalue weighted by Crippen LogP contribution is -2.44. The first kappa shape index (κ1) is 25.2. The third-order valence-electron chi connectivity index (χ3n) is 5.28. The highest BCUT2D eigenvalue weighted by Gasteiger charge is 2.21. The van der Waals surface area contributed by atoms with Gasteiger partial charge in [0.15, 0.2) is 0 Å². The Morgan fingerprint density at radius 1 is 0.966 bits per heavy atom. The van der Waals surface area contributed by atoms with Gasteiger partial charge in [-0.1, -0.05) is 46.0 Å². The predicted octanol–water partition coefficient (Wildman–Crippen LogP) is 3.99. The molecule has 6 heteroatoms. The normalized spacial score (nSPS) is 10.9. The van der Waals surface area contributed by atoms with Gasteiger partial charge in [-0.05, 0) is 25.0 Å². The Labute approximate surface area is 177 Å². The molecule has 0 N–H and O–H groups in total. The number of rotatable bonds is 16. The number of nitrogens with zero attached hydrogens (tertiary/aromatic N) is 3. The Hall–Kier alpha value is -1.82. The fourth-order valence-corrected chi connectivity index (χ4v) is 3.29. The van der Waals surface area contributed by atoms with E-state index >= 15 is 0 Å². The van der Waals surface area contributed by atoms with Crippen molar-refractivity contribution in [3.05, 3.63) is 24.0 Å². The minimum Gasteiger partial charge on any atom is -0.383 e. The largest absolute Gasteiger partial charge is 0.383 e. The van der Waals surface area contributed by atoms with Gasteiger partial charge in [-0.3, -0.25) is 9.59 Å². The smallest absolute Gasteiger partial charge is 0.242 e. The molecule has 0 atom stereocenters. The maximum atomic E-state index is 13.1. The van der Waals surface area contributed by atoms with E-state index in [-0.39, 0.29) is 18.4 Å². The number of amides is 2. The van der Waals surface area contributed by atoms with Crippen LogP contribution in [0.4, 0.5) is 0 Å². The summed E-state index contributed by atoms with van der Waals surface area (Å²) in [7, 11) is 3.61. The number of aryl methyl sites for hydroxylation is 1. The van der Waals surface area contributed by atoms with Crippen molar-refractivity contribution in [1.29, 1.82) is 0 Å². The third-order valence-corrected chi connectivity index (χ3v) is 5.28. The average Bonchev–Trinajstić information content (AvgIpc) is 3.12. The molecule has 1 rings (SSSR count). The Morgan fingerprint density at radius 3 is 2.31 bits per heavy atom. The number of carbonyl (C=O) groups excluding carboxylic acids is 2. The van der Waals surface area contributed by atoms with Gasteiger partial charge >= 0.3 is 0 Å². The van der Waals surface area contributed by atoms with Crippen molar-refractivity contribution in [3.63, 3.8) is 0 Å². The minimum absolute atomic E-state index is 0.00934. The van der Waals surface area contributed by atoms with E-state index in [2.05, 4.69) is 13.8 Å². The molecule has 0 aliphatic rings. The maximum absolute atomic E-state index is 13.1. The number of hydrogen-bond donors (Lipinski definition) is 0. The Kier molecular flexibility index (Phi) is 13.1. The van der Waals surface area contributed by atoms with E-state index in [0.29, 0.717) is 32.7 Å². The fraction of sp³-hybridized carbons (Fsp3) is 0.739. The molecule has 1 aromatic heterocycles. The van der Waals surface area contributed by atoms with Crippen molar-refractivity contribution in [3.8, 4) is 0 Å². The standard InChI is InChI=1S/C23H41N3O3/c1-5-7-9-10-11-14-22(27)26(17-18-29-4)20-23(28)25(16-8-6-2)19-21-13-12-15-24(21)3/h12-13,15H,5-11,14,16-20H2,1-4H3. The van der Waals surface area contributed by atoms with Gasteiger partial charge in [0.05, 0.1) is 19.7 Å². The highest BCUT2D eigenvalue weighted by Crippen LogP contribution is 2.10. The molecule has 0 fully saturated rings. The molecule has 1 aromatic rings. The molecule has 2 amide bonds. The molecule has 0 bridgehead atoms. The van der Waals surface area contributed by atoms with Crippen LogP contribution in [0.3, 0.4) is 0 Å². The Bertz CT molecular complexity index is 586. The Morgan fingerprint density at radius 2 is 1.69 bits per heavy atom. The van der Waals surface area contributed by atoms with E-state index in [1.807, 2.05) is 34.8 Å². The van der Waals surface area contributed by atoms with Crippen LogP contribution in [-0.2, 0) is 27.9 Å². The minimum atomic E-state index is 0.00934. The van der Waals surface area contributed by atoms with Crippen molar-refractivity contribution in [2.45, 2.75) is 71.8 Å². The zero-order chi connectivity index (χ0) is 21.5. The molecule has 6 nitrogen and oxygen atoms in total. The molecule has 0 unspecified atom stereocenters. The summed E-state index contributed by atoms with van der Waals surface area (Å²) < 4.78 is 7.20. The summed E-state index contributed by atoms with van der Waals surface area (Å²) in [6.45, 7) is 6.63. The van der Waals surface area contributed by atoms with Crippen LogP contribution >= 0.6 is 0 Å². The lowest BCUT2D eigenvalue weighted by Gasteiger charge is -2.28. The molecular weight excluding hydrogens is 366 g/mol. The van der Waals surface area contributed by atoms with Crippen molar-refractivity contribution in [2.24, 2.45) is 7.05 Å². The molecule has 0 aromatic carbocycles. The maximum Gasteiger partial charge on any atom is 0.242 e. The van der Waals surface area contributed by atoms with Gasteiger partial charge in [-0.15, -0.1) is 0 Å². The van der Waals surface area contributed by atoms with Gasteiger partial charge in [0.2, 0.25) is 11.8 Å². The summed E-state index contributed by atoms with van der Waals surface area (Å²) >= 11 is 0. The number of carbonyl (C=O) groups is 2. The second-order valence-electron chi connectivity index (χ2n) is 7.75. The van der Waals surface area contributed by atoms with E-state index in [1.54, 1.807) is 12.0 Å². The zero-order valence-electron chi connectivity index (χ0n) is 19.0. The zero-order valence-corrected chi connectivity index (χ0v) is 19.0. The van der Waals surface area contributed by atoms with E-state index < -0.39 is 0 Å². The first-order valence-corrected chi connectivity index (χ1v) is 11.2. The number of methoxy groups -OCH3 is 1. The molecule has 0 aliphatic heterocycles. The van der Waals surface area contributed by atoms with Crippen LogP contribution in [0.25, 0.3) is 0 Å². The van der Waals surface area contributed by atoms with Crippen molar-refractivity contribution in [1.82, 2.24) is 14.4 Å². The SMILES string of the molecule is CCCCCCCC(=O)N(CCOC)CC(=O)N(CCCC)Cc1cccn1C. The van der Waals surface area contributed by atoms with Crippen molar-refractivity contribution < 1.29 is 14.3 Å². The number of unbranched alkanes of at least 4 members (excludes halogenated alkanes) is 5. The third kappa shape index (κ3) is 9.97. The van der Waals surface area contributed by atoms with Crippen molar-refractivity contribution in [2.75, 3.05) is 33.4 Å². The van der Waals surface area contributed by atoms with Gasteiger partial charge in [0.25, 0.3) is 0 Å². The van der Waals surface area contributed by atoms with Gasteiger partial charge in [-0.25, -0.2) is 0 Å². The van der Waals surface area contributed by atoms with Crippen LogP contribution in [0.5, 0.6) is 0 Å². The van der Waals surface area contributed by atoms with Gasteiger partial charge in [0, 0.05) is 45.6 Å². The lowest BCUT2D eigenvalue weighted by atomic mass is 10.1. The van der Waals surface area contributed by atoms with E-state index in [4.69, 9.17) is 4.74 Å². The van der Waals surface area contributed by atoms with Crippen LogP contribution in [0, 0.1) is 0 Å². The number of hydrogen-bond acceptors (Lipinski definition) is 3. The van der Waals surface area contributed by atoms with Crippen LogP contribution in [0.15, 0.2) is 18.3 Å². The fourth-order valence-electron chi connectivity index (χ4n) is 3.29. The van der Waals surface area contributed by atoms with Gasteiger partial charge < -0.3 is 19.1 Å². The average molecular weight is 408 g/mol. The summed E-state index contributed by atoms with van der Waals surface area (Å²) in [5, 5.41) is 0. The topological polar surface area (TPSA) is 54.8 Å². The first-order chi connectivity index (χ1) is 14.0. The Balaban J connectivity index is 2.69. The van der Waals surface area contributed by atoms with Crippen LogP contribution in [0.2, 0.25) is 0 Å². The second-order valence-corrected chi connectivity index (χ2v) is 7.75. The first-order valence-electron chi connectivity index (χ1n) is 11.2. The molecule has 1 heterocycles. The number of ether oxygens (including phenoxy) is 1. The summed E-state index contributed by atoms with van der Waals surface area (Å²) in [6.07, 6.45) is 10.0. The van der Waals surface area contributed by atoms with Crippen molar-refractivity contribution >= 4 is 11.8 Å². The molecule has 0 aliphatic carbocycles. The monoisotopic (exact) mass is 407 g/mol. The summed E-state index contributed by atoms with van der Waals surface area (Å²) in [5.74, 6) is 0.0660. The predicted molar refractivity (Wildman–Crippen MR) is 118 cm³/mol. The second kappa shape index (κ2) is 15.1. The molecule has 29 heavy (non-hydrogen) atoms. The van der Waals surface area contributed by atoms with Crippen LogP contribution in [-0.4, -0.2) is 59.5 Å². The quantitative estimate of drug-likeness (QED) is 0.389. The highest BCUT2D eigenvalue weighted by atomic mass is 16.5. The summed E-state index contributed by atoms with van der Waals surface area (Å²) in [6, 6.07) is 4.03.